The van der Waals surface area contributed by atoms with Gasteiger partial charge in [-0.2, -0.15) is 0 Å². The van der Waals surface area contributed by atoms with E-state index in [4.69, 9.17) is 0 Å². The molecule has 1 fully saturated rings. The summed E-state index contributed by atoms with van der Waals surface area (Å²) < 4.78 is 16.2. The lowest BCUT2D eigenvalue weighted by Gasteiger charge is -2.10. The van der Waals surface area contributed by atoms with Crippen LogP contribution in [0.2, 0.25) is 0 Å². The van der Waals surface area contributed by atoms with Crippen LogP contribution in [0.15, 0.2) is 53.7 Å². The molecular formula is C22H22FN5O2S. The minimum absolute atomic E-state index is 0.119. The third kappa shape index (κ3) is 4.93. The van der Waals surface area contributed by atoms with E-state index < -0.39 is 0 Å². The van der Waals surface area contributed by atoms with Gasteiger partial charge < -0.3 is 10.6 Å². The number of halogens is 1. The van der Waals surface area contributed by atoms with E-state index in [-0.39, 0.29) is 29.4 Å². The third-order valence-electron chi connectivity index (χ3n) is 4.77. The summed E-state index contributed by atoms with van der Waals surface area (Å²) in [6, 6.07) is 13.5. The second kappa shape index (κ2) is 9.30. The van der Waals surface area contributed by atoms with Crippen molar-refractivity contribution in [1.29, 1.82) is 0 Å². The van der Waals surface area contributed by atoms with Gasteiger partial charge in [-0.1, -0.05) is 30.0 Å². The minimum atomic E-state index is -0.349. The lowest BCUT2D eigenvalue weighted by atomic mass is 10.2. The zero-order valence-electron chi connectivity index (χ0n) is 17.0. The maximum absolute atomic E-state index is 14.3. The molecule has 0 bridgehead atoms. The van der Waals surface area contributed by atoms with Crippen LogP contribution in [-0.4, -0.2) is 38.9 Å². The molecule has 9 heteroatoms. The monoisotopic (exact) mass is 439 g/mol. The van der Waals surface area contributed by atoms with Crippen molar-refractivity contribution in [3.63, 3.8) is 0 Å². The first-order chi connectivity index (χ1) is 15.1. The van der Waals surface area contributed by atoms with Crippen molar-refractivity contribution in [2.24, 2.45) is 0 Å². The van der Waals surface area contributed by atoms with Gasteiger partial charge >= 0.3 is 0 Å². The lowest BCUT2D eigenvalue weighted by Crippen LogP contribution is -2.23. The van der Waals surface area contributed by atoms with Crippen LogP contribution in [-0.2, 0) is 4.79 Å². The van der Waals surface area contributed by atoms with Gasteiger partial charge in [0.05, 0.1) is 11.3 Å². The van der Waals surface area contributed by atoms with Crippen molar-refractivity contribution in [2.75, 3.05) is 17.6 Å². The molecule has 0 spiro atoms. The van der Waals surface area contributed by atoms with Gasteiger partial charge in [-0.05, 0) is 50.1 Å². The highest BCUT2D eigenvalue weighted by Crippen LogP contribution is 2.41. The van der Waals surface area contributed by atoms with E-state index in [2.05, 4.69) is 20.8 Å². The average molecular weight is 440 g/mol. The molecule has 4 rings (SSSR count). The van der Waals surface area contributed by atoms with E-state index in [1.54, 1.807) is 42.5 Å². The summed E-state index contributed by atoms with van der Waals surface area (Å²) in [6.07, 6.45) is 1.96. The molecule has 0 aliphatic heterocycles. The minimum Gasteiger partial charge on any atom is -0.352 e. The van der Waals surface area contributed by atoms with Crippen molar-refractivity contribution < 1.29 is 14.0 Å². The molecule has 3 aromatic rings. The van der Waals surface area contributed by atoms with Gasteiger partial charge in [0.25, 0.3) is 5.91 Å². The highest BCUT2D eigenvalue weighted by Gasteiger charge is 2.31. The number of hydrogen-bond acceptors (Lipinski definition) is 5. The lowest BCUT2D eigenvalue weighted by molar-refractivity contribution is -0.113. The normalized spacial score (nSPS) is 13.1. The second-order valence-corrected chi connectivity index (χ2v) is 8.11. The molecule has 1 saturated carbocycles. The van der Waals surface area contributed by atoms with Gasteiger partial charge in [0.1, 0.15) is 5.82 Å². The fraction of sp³-hybridized carbons (Fsp3) is 0.273. The Labute approximate surface area is 183 Å². The van der Waals surface area contributed by atoms with Crippen molar-refractivity contribution in [2.45, 2.75) is 31.0 Å². The number of carbonyl (C=O) groups excluding carboxylic acids is 2. The Morgan fingerprint density at radius 2 is 1.97 bits per heavy atom. The van der Waals surface area contributed by atoms with E-state index >= 15 is 0 Å². The number of benzene rings is 2. The summed E-state index contributed by atoms with van der Waals surface area (Å²) >= 11 is 1.26. The number of amides is 2. The molecule has 2 aromatic carbocycles. The van der Waals surface area contributed by atoms with Crippen molar-refractivity contribution in [3.8, 4) is 11.4 Å². The molecule has 2 N–H and O–H groups in total. The van der Waals surface area contributed by atoms with Crippen molar-refractivity contribution in [1.82, 2.24) is 20.1 Å². The molecule has 7 nitrogen and oxygen atoms in total. The zero-order chi connectivity index (χ0) is 21.8. The predicted octanol–water partition coefficient (Wildman–Crippen LogP) is 3.90. The van der Waals surface area contributed by atoms with Crippen LogP contribution >= 0.6 is 11.8 Å². The van der Waals surface area contributed by atoms with Crippen molar-refractivity contribution >= 4 is 29.3 Å². The quantitative estimate of drug-likeness (QED) is 0.520. The number of rotatable bonds is 8. The summed E-state index contributed by atoms with van der Waals surface area (Å²) in [5.74, 6) is -0.161. The second-order valence-electron chi connectivity index (χ2n) is 7.16. The van der Waals surface area contributed by atoms with E-state index in [0.29, 0.717) is 34.3 Å². The Morgan fingerprint density at radius 3 is 2.71 bits per heavy atom. The van der Waals surface area contributed by atoms with E-state index in [0.717, 1.165) is 12.8 Å². The standard InChI is InChI=1S/C22H22FN5O2S/c1-2-24-21(30)14-6-5-7-15(12-14)25-19(29)13-31-22-27-26-20(28(22)16-10-11-16)17-8-3-4-9-18(17)23/h3-9,12,16H,2,10-11,13H2,1H3,(H,24,30)(H,25,29). The summed E-state index contributed by atoms with van der Waals surface area (Å²) in [5, 5.41) is 14.5. The number of hydrogen-bond donors (Lipinski definition) is 2. The van der Waals surface area contributed by atoms with Gasteiger partial charge in [0.2, 0.25) is 5.91 Å². The van der Waals surface area contributed by atoms with Crippen LogP contribution in [0.25, 0.3) is 11.4 Å². The molecule has 160 valence electrons. The number of anilines is 1. The maximum atomic E-state index is 14.3. The fourth-order valence-corrected chi connectivity index (χ4v) is 4.00. The number of aromatic nitrogens is 3. The molecule has 0 radical (unpaired) electrons. The largest absolute Gasteiger partial charge is 0.352 e. The SMILES string of the molecule is CCNC(=O)c1cccc(NC(=O)CSc2nnc(-c3ccccc3F)n2C2CC2)c1. The van der Waals surface area contributed by atoms with Crippen LogP contribution in [0.5, 0.6) is 0 Å². The fourth-order valence-electron chi connectivity index (χ4n) is 3.19. The summed E-state index contributed by atoms with van der Waals surface area (Å²) in [4.78, 5) is 24.4. The first-order valence-corrected chi connectivity index (χ1v) is 11.1. The van der Waals surface area contributed by atoms with E-state index in [1.165, 1.54) is 17.8 Å². The number of nitrogens with one attached hydrogen (secondary N) is 2. The van der Waals surface area contributed by atoms with Crippen molar-refractivity contribution in [3.05, 3.63) is 59.9 Å². The van der Waals surface area contributed by atoms with E-state index in [1.807, 2.05) is 11.5 Å². The highest BCUT2D eigenvalue weighted by molar-refractivity contribution is 7.99. The molecule has 1 heterocycles. The Hall–Kier alpha value is -3.20. The Balaban J connectivity index is 1.44. The third-order valence-corrected chi connectivity index (χ3v) is 5.71. The van der Waals surface area contributed by atoms with Gasteiger partial charge in [-0.25, -0.2) is 4.39 Å². The Bertz CT molecular complexity index is 1110. The Morgan fingerprint density at radius 1 is 1.16 bits per heavy atom. The molecule has 0 saturated heterocycles. The molecule has 1 aliphatic carbocycles. The summed E-state index contributed by atoms with van der Waals surface area (Å²) in [7, 11) is 0. The molecule has 1 aromatic heterocycles. The number of carbonyl (C=O) groups is 2. The molecule has 2 amide bonds. The van der Waals surface area contributed by atoms with Crippen LogP contribution in [0.1, 0.15) is 36.2 Å². The zero-order valence-corrected chi connectivity index (χ0v) is 17.8. The van der Waals surface area contributed by atoms with Crippen LogP contribution in [0.3, 0.4) is 0 Å². The Kier molecular flexibility index (Phi) is 6.31. The smallest absolute Gasteiger partial charge is 0.251 e. The topological polar surface area (TPSA) is 88.9 Å². The first-order valence-electron chi connectivity index (χ1n) is 10.1. The number of nitrogens with zero attached hydrogens (tertiary/aromatic N) is 3. The highest BCUT2D eigenvalue weighted by atomic mass is 32.2. The van der Waals surface area contributed by atoms with Crippen LogP contribution in [0, 0.1) is 5.82 Å². The summed E-state index contributed by atoms with van der Waals surface area (Å²) in [6.45, 7) is 2.38. The molecule has 0 atom stereocenters. The average Bonchev–Trinajstić information content (AvgIpc) is 3.52. The first kappa shape index (κ1) is 21.0. The predicted molar refractivity (Wildman–Crippen MR) is 117 cm³/mol. The van der Waals surface area contributed by atoms with Crippen LogP contribution in [0.4, 0.5) is 10.1 Å². The van der Waals surface area contributed by atoms with Crippen LogP contribution < -0.4 is 10.6 Å². The maximum Gasteiger partial charge on any atom is 0.251 e. The van der Waals surface area contributed by atoms with Gasteiger partial charge in [-0.3, -0.25) is 14.2 Å². The molecule has 1 aliphatic rings. The number of thioether (sulfide) groups is 1. The molecule has 0 unspecified atom stereocenters. The summed E-state index contributed by atoms with van der Waals surface area (Å²) in [5.41, 5.74) is 1.43. The van der Waals surface area contributed by atoms with Gasteiger partial charge in [-0.15, -0.1) is 10.2 Å². The van der Waals surface area contributed by atoms with Gasteiger partial charge in [0, 0.05) is 23.8 Å². The van der Waals surface area contributed by atoms with E-state index in [9.17, 15) is 14.0 Å². The van der Waals surface area contributed by atoms with Gasteiger partial charge in [0.15, 0.2) is 11.0 Å². The molecular weight excluding hydrogens is 417 g/mol. The molecule has 31 heavy (non-hydrogen) atoms.